The number of anilines is 1. The van der Waals surface area contributed by atoms with Crippen LogP contribution in [0.5, 0.6) is 0 Å². The van der Waals surface area contributed by atoms with Crippen molar-refractivity contribution in [2.75, 3.05) is 38.6 Å². The molecule has 0 saturated carbocycles. The third-order valence-electron chi connectivity index (χ3n) is 3.71. The second-order valence-corrected chi connectivity index (χ2v) is 5.81. The maximum Gasteiger partial charge on any atom is 0.136 e. The number of likely N-dealkylation sites (tertiary alicyclic amines) is 1. The highest BCUT2D eigenvalue weighted by atomic mass is 19.1. The molecule has 21 heavy (non-hydrogen) atoms. The Balaban J connectivity index is 1.93. The van der Waals surface area contributed by atoms with Gasteiger partial charge in [-0.1, -0.05) is 0 Å². The summed E-state index contributed by atoms with van der Waals surface area (Å²) in [5.41, 5.74) is 6.61. The molecule has 0 aliphatic carbocycles. The number of aryl methyl sites for hydroxylation is 1. The van der Waals surface area contributed by atoms with E-state index < -0.39 is 12.2 Å². The van der Waals surface area contributed by atoms with Crippen LogP contribution in [0.25, 0.3) is 0 Å². The van der Waals surface area contributed by atoms with Crippen molar-refractivity contribution in [3.05, 3.63) is 11.8 Å². The average molecular weight is 297 g/mol. The van der Waals surface area contributed by atoms with Crippen LogP contribution < -0.4 is 10.6 Å². The molecule has 0 radical (unpaired) electrons. The molecule has 1 saturated heterocycles. The first-order chi connectivity index (χ1) is 9.99. The average Bonchev–Trinajstić information content (AvgIpc) is 2.83. The Hall–Kier alpha value is -1.47. The Kier molecular flexibility index (Phi) is 5.30. The first-order valence-corrected chi connectivity index (χ1v) is 7.31. The summed E-state index contributed by atoms with van der Waals surface area (Å²) in [5, 5.41) is 4.57. The largest absolute Gasteiger partial charge is 0.363 e. The second-order valence-electron chi connectivity index (χ2n) is 5.81. The number of nitrogens with two attached hydrogens (primary N) is 1. The van der Waals surface area contributed by atoms with Crippen LogP contribution in [0, 0.1) is 0 Å². The molecule has 1 atom stereocenters. The number of hydrogen-bond donors (Lipinski definition) is 1. The summed E-state index contributed by atoms with van der Waals surface area (Å²) in [6.07, 6.45) is 1.48. The summed E-state index contributed by atoms with van der Waals surface area (Å²) < 4.78 is 14.7. The van der Waals surface area contributed by atoms with Crippen molar-refractivity contribution >= 4 is 12.1 Å². The van der Waals surface area contributed by atoms with Gasteiger partial charge >= 0.3 is 0 Å². The number of carbonyl (C=O) groups excluding carboxylic acids is 1. The van der Waals surface area contributed by atoms with Crippen LogP contribution in [0.15, 0.2) is 6.07 Å². The van der Waals surface area contributed by atoms with Gasteiger partial charge in [-0.25, -0.2) is 9.07 Å². The van der Waals surface area contributed by atoms with E-state index in [1.54, 1.807) is 0 Å². The fourth-order valence-electron chi connectivity index (χ4n) is 2.41. The molecule has 1 aliphatic heterocycles. The molecule has 0 spiro atoms. The molecule has 0 aromatic carbocycles. The Morgan fingerprint density at radius 1 is 1.52 bits per heavy atom. The quantitative estimate of drug-likeness (QED) is 0.687. The highest BCUT2D eigenvalue weighted by Gasteiger charge is 2.25. The summed E-state index contributed by atoms with van der Waals surface area (Å²) in [7, 11) is 3.92. The smallest absolute Gasteiger partial charge is 0.136 e. The highest BCUT2D eigenvalue weighted by molar-refractivity contribution is 5.56. The van der Waals surface area contributed by atoms with E-state index in [0.29, 0.717) is 26.1 Å². The Morgan fingerprint density at radius 3 is 2.81 bits per heavy atom. The van der Waals surface area contributed by atoms with E-state index >= 15 is 0 Å². The van der Waals surface area contributed by atoms with Gasteiger partial charge in [-0.3, -0.25) is 4.90 Å². The van der Waals surface area contributed by atoms with Gasteiger partial charge in [0.05, 0.1) is 11.7 Å². The highest BCUT2D eigenvalue weighted by Crippen LogP contribution is 2.17. The first-order valence-electron chi connectivity index (χ1n) is 7.31. The predicted octanol–water partition coefficient (Wildman–Crippen LogP) is 0.0616. The molecule has 7 heteroatoms. The minimum atomic E-state index is -0.662. The lowest BCUT2D eigenvalue weighted by Crippen LogP contribution is -2.48. The molecule has 1 aliphatic rings. The number of alkyl halides is 1. The van der Waals surface area contributed by atoms with E-state index in [0.717, 1.165) is 30.8 Å². The van der Waals surface area contributed by atoms with Crippen LogP contribution in [0.3, 0.4) is 0 Å². The summed E-state index contributed by atoms with van der Waals surface area (Å²) >= 11 is 0. The van der Waals surface area contributed by atoms with E-state index in [4.69, 9.17) is 5.73 Å². The van der Waals surface area contributed by atoms with Crippen molar-refractivity contribution in [3.63, 3.8) is 0 Å². The number of halogens is 1. The molecule has 1 aromatic rings. The molecular formula is C14H24FN5O. The maximum atomic E-state index is 12.8. The van der Waals surface area contributed by atoms with Crippen molar-refractivity contribution in [1.82, 2.24) is 14.7 Å². The summed E-state index contributed by atoms with van der Waals surface area (Å²) in [5.74, 6) is 0.995. The number of aldehydes is 1. The molecular weight excluding hydrogens is 273 g/mol. The molecule has 2 rings (SSSR count). The third kappa shape index (κ3) is 4.25. The molecule has 0 amide bonds. The normalized spacial score (nSPS) is 17.5. The van der Waals surface area contributed by atoms with Gasteiger partial charge in [0.15, 0.2) is 0 Å². The van der Waals surface area contributed by atoms with Gasteiger partial charge in [-0.05, 0) is 6.42 Å². The van der Waals surface area contributed by atoms with Crippen molar-refractivity contribution in [1.29, 1.82) is 0 Å². The molecule has 0 bridgehead atoms. The number of aromatic nitrogens is 2. The van der Waals surface area contributed by atoms with Gasteiger partial charge in [-0.15, -0.1) is 0 Å². The van der Waals surface area contributed by atoms with Crippen LogP contribution in [0.1, 0.15) is 12.1 Å². The van der Waals surface area contributed by atoms with E-state index in [1.807, 2.05) is 29.7 Å². The van der Waals surface area contributed by atoms with Crippen molar-refractivity contribution < 1.29 is 9.18 Å². The zero-order chi connectivity index (χ0) is 15.4. The van der Waals surface area contributed by atoms with Crippen LogP contribution in [0.2, 0.25) is 0 Å². The van der Waals surface area contributed by atoms with E-state index in [9.17, 15) is 9.18 Å². The maximum absolute atomic E-state index is 12.8. The van der Waals surface area contributed by atoms with Gasteiger partial charge in [0.2, 0.25) is 0 Å². The van der Waals surface area contributed by atoms with Crippen molar-refractivity contribution in [2.24, 2.45) is 5.73 Å². The molecule has 118 valence electrons. The minimum absolute atomic E-state index is 0.449. The molecule has 1 unspecified atom stereocenters. The first kappa shape index (κ1) is 15.9. The van der Waals surface area contributed by atoms with Crippen LogP contribution >= 0.6 is 0 Å². The van der Waals surface area contributed by atoms with E-state index in [2.05, 4.69) is 10.00 Å². The third-order valence-corrected chi connectivity index (χ3v) is 3.71. The number of nitrogens with zero attached hydrogens (tertiary/aromatic N) is 4. The topological polar surface area (TPSA) is 67.4 Å². The Bertz CT molecular complexity index is 470. The Morgan fingerprint density at radius 2 is 2.24 bits per heavy atom. The van der Waals surface area contributed by atoms with Gasteiger partial charge in [-0.2, -0.15) is 5.10 Å². The zero-order valence-electron chi connectivity index (χ0n) is 12.7. The predicted molar refractivity (Wildman–Crippen MR) is 80.3 cm³/mol. The van der Waals surface area contributed by atoms with E-state index in [1.165, 1.54) is 0 Å². The summed E-state index contributed by atoms with van der Waals surface area (Å²) in [6.45, 7) is 2.52. The lowest BCUT2D eigenvalue weighted by molar-refractivity contribution is -0.109. The van der Waals surface area contributed by atoms with Crippen molar-refractivity contribution in [2.45, 2.75) is 31.6 Å². The number of rotatable bonds is 8. The molecule has 6 nitrogen and oxygen atoms in total. The van der Waals surface area contributed by atoms with Gasteiger partial charge in [0.1, 0.15) is 18.3 Å². The fraction of sp³-hybridized carbons (Fsp3) is 0.714. The molecule has 2 N–H and O–H groups in total. The van der Waals surface area contributed by atoms with Crippen molar-refractivity contribution in [3.8, 4) is 0 Å². The monoisotopic (exact) mass is 297 g/mol. The fourth-order valence-corrected chi connectivity index (χ4v) is 2.41. The van der Waals surface area contributed by atoms with Crippen LogP contribution in [-0.2, 0) is 17.8 Å². The molecule has 2 heterocycles. The standard InChI is InChI=1S/C14H24FN5O/c1-18(2)14-7-13(4-5-19-8-11(15)9-19)17-20(14)6-3-12(16)10-21/h7,10-12H,3-6,8-9,16H2,1-2H3. The van der Waals surface area contributed by atoms with Crippen LogP contribution in [0.4, 0.5) is 10.2 Å². The zero-order valence-corrected chi connectivity index (χ0v) is 12.7. The summed E-state index contributed by atoms with van der Waals surface area (Å²) in [6, 6.07) is 1.59. The second kappa shape index (κ2) is 7.00. The van der Waals surface area contributed by atoms with Crippen LogP contribution in [-0.4, -0.2) is 66.9 Å². The molecule has 1 aromatic heterocycles. The summed E-state index contributed by atoms with van der Waals surface area (Å²) in [4.78, 5) is 14.7. The van der Waals surface area contributed by atoms with Gasteiger partial charge in [0.25, 0.3) is 0 Å². The van der Waals surface area contributed by atoms with Gasteiger partial charge < -0.3 is 15.4 Å². The number of hydrogen-bond acceptors (Lipinski definition) is 5. The lowest BCUT2D eigenvalue weighted by Gasteiger charge is -2.33. The minimum Gasteiger partial charge on any atom is -0.363 e. The van der Waals surface area contributed by atoms with Gasteiger partial charge in [0, 0.05) is 52.8 Å². The molecule has 1 fully saturated rings. The van der Waals surface area contributed by atoms with E-state index in [-0.39, 0.29) is 0 Å². The Labute approximate surface area is 124 Å². The number of carbonyl (C=O) groups is 1. The SMILES string of the molecule is CN(C)c1cc(CCN2CC(F)C2)nn1CCC(N)C=O. The lowest BCUT2D eigenvalue weighted by atomic mass is 10.1.